The summed E-state index contributed by atoms with van der Waals surface area (Å²) < 4.78 is 6.24. The maximum Gasteiger partial charge on any atom is 0.160 e. The van der Waals surface area contributed by atoms with Crippen LogP contribution in [-0.4, -0.2) is 9.97 Å². The average Bonchev–Trinajstić information content (AvgIpc) is 3.78. The molecule has 0 amide bonds. The number of aromatic nitrogens is 2. The Labute approximate surface area is 338 Å². The zero-order valence-electron chi connectivity index (χ0n) is 32.3. The third kappa shape index (κ3) is 5.66. The van der Waals surface area contributed by atoms with Gasteiger partial charge in [-0.05, 0) is 104 Å². The van der Waals surface area contributed by atoms with Crippen LogP contribution < -0.4 is 0 Å². The first-order valence-corrected chi connectivity index (χ1v) is 19.9. The lowest BCUT2D eigenvalue weighted by Gasteiger charge is -2.24. The molecular weight excluding hydrogens is 705 g/mol. The molecular formula is C55H38N2O. The lowest BCUT2D eigenvalue weighted by Crippen LogP contribution is -2.16. The van der Waals surface area contributed by atoms with Crippen LogP contribution in [0.3, 0.4) is 0 Å². The van der Waals surface area contributed by atoms with Crippen LogP contribution in [0, 0.1) is 0 Å². The summed E-state index contributed by atoms with van der Waals surface area (Å²) in [6.45, 7) is 4.71. The van der Waals surface area contributed by atoms with Gasteiger partial charge in [-0.15, -0.1) is 0 Å². The van der Waals surface area contributed by atoms with Gasteiger partial charge >= 0.3 is 0 Å². The van der Waals surface area contributed by atoms with Crippen molar-refractivity contribution in [1.82, 2.24) is 9.97 Å². The molecule has 10 aromatic rings. The number of hydrogen-bond donors (Lipinski definition) is 0. The van der Waals surface area contributed by atoms with Gasteiger partial charge in [0.15, 0.2) is 5.82 Å². The Balaban J connectivity index is 1.12. The molecule has 0 spiro atoms. The van der Waals surface area contributed by atoms with Crippen LogP contribution in [0.5, 0.6) is 0 Å². The topological polar surface area (TPSA) is 38.9 Å². The summed E-state index contributed by atoms with van der Waals surface area (Å²) in [5.41, 5.74) is 18.8. The monoisotopic (exact) mass is 742 g/mol. The summed E-state index contributed by atoms with van der Waals surface area (Å²) in [7, 11) is 0. The molecule has 1 aliphatic rings. The van der Waals surface area contributed by atoms with Crippen molar-refractivity contribution < 1.29 is 4.42 Å². The van der Waals surface area contributed by atoms with Crippen LogP contribution in [0.25, 0.3) is 100 Å². The Kier molecular flexibility index (Phi) is 7.84. The van der Waals surface area contributed by atoms with E-state index in [1.54, 1.807) is 0 Å². The Bertz CT molecular complexity index is 3140. The highest BCUT2D eigenvalue weighted by Gasteiger charge is 2.37. The van der Waals surface area contributed by atoms with E-state index in [-0.39, 0.29) is 5.41 Å². The van der Waals surface area contributed by atoms with Gasteiger partial charge in [-0.3, -0.25) is 0 Å². The summed E-state index contributed by atoms with van der Waals surface area (Å²) in [5.74, 6) is 0.693. The summed E-state index contributed by atoms with van der Waals surface area (Å²) in [4.78, 5) is 10.4. The minimum absolute atomic E-state index is 0.124. The van der Waals surface area contributed by atoms with Gasteiger partial charge < -0.3 is 4.42 Å². The molecule has 2 aromatic heterocycles. The fraction of sp³-hybridized carbons (Fsp3) is 0.0545. The average molecular weight is 743 g/mol. The zero-order chi connectivity index (χ0) is 38.8. The molecule has 0 fully saturated rings. The van der Waals surface area contributed by atoms with E-state index in [0.717, 1.165) is 72.3 Å². The Hall–Kier alpha value is -7.36. The summed E-state index contributed by atoms with van der Waals surface area (Å²) in [5, 5.41) is 2.21. The molecule has 1 aliphatic carbocycles. The lowest BCUT2D eigenvalue weighted by molar-refractivity contribution is 0.662. The number of para-hydroxylation sites is 1. The van der Waals surface area contributed by atoms with E-state index in [2.05, 4.69) is 172 Å². The molecule has 0 saturated carbocycles. The SMILES string of the molecule is CC1(C)c2ccccc2-c2cccc(-c3cccc(-c4cc(-c5ccc6oc7ccccc7c6c5)cc(-c5cc(-c6ccccc6)nc(-c6ccccc6)n5)c4)c3)c21. The minimum atomic E-state index is -0.124. The van der Waals surface area contributed by atoms with Gasteiger partial charge in [0.2, 0.25) is 0 Å². The maximum atomic E-state index is 6.24. The Morgan fingerprint density at radius 3 is 1.72 bits per heavy atom. The molecule has 0 N–H and O–H groups in total. The van der Waals surface area contributed by atoms with Gasteiger partial charge in [0, 0.05) is 32.9 Å². The Morgan fingerprint density at radius 1 is 0.362 bits per heavy atom. The molecule has 11 rings (SSSR count). The van der Waals surface area contributed by atoms with Crippen molar-refractivity contribution in [3.05, 3.63) is 205 Å². The lowest BCUT2D eigenvalue weighted by atomic mass is 9.78. The largest absolute Gasteiger partial charge is 0.456 e. The zero-order valence-corrected chi connectivity index (χ0v) is 32.3. The van der Waals surface area contributed by atoms with Gasteiger partial charge in [-0.2, -0.15) is 0 Å². The maximum absolute atomic E-state index is 6.24. The van der Waals surface area contributed by atoms with Crippen molar-refractivity contribution in [3.8, 4) is 78.4 Å². The second-order valence-electron chi connectivity index (χ2n) is 15.8. The Morgan fingerprint density at radius 2 is 0.914 bits per heavy atom. The van der Waals surface area contributed by atoms with Crippen molar-refractivity contribution in [2.45, 2.75) is 19.3 Å². The quantitative estimate of drug-likeness (QED) is 0.170. The highest BCUT2D eigenvalue weighted by molar-refractivity contribution is 6.06. The fourth-order valence-corrected chi connectivity index (χ4v) is 9.04. The summed E-state index contributed by atoms with van der Waals surface area (Å²) in [6.07, 6.45) is 0. The van der Waals surface area contributed by atoms with Crippen molar-refractivity contribution in [2.24, 2.45) is 0 Å². The first-order chi connectivity index (χ1) is 28.5. The van der Waals surface area contributed by atoms with E-state index in [9.17, 15) is 0 Å². The van der Waals surface area contributed by atoms with Gasteiger partial charge in [0.05, 0.1) is 11.4 Å². The van der Waals surface area contributed by atoms with E-state index in [0.29, 0.717) is 5.82 Å². The number of benzene rings is 8. The van der Waals surface area contributed by atoms with Crippen LogP contribution in [0.1, 0.15) is 25.0 Å². The molecule has 0 radical (unpaired) electrons. The van der Waals surface area contributed by atoms with E-state index in [1.807, 2.05) is 36.4 Å². The molecule has 3 heteroatoms. The van der Waals surface area contributed by atoms with Crippen molar-refractivity contribution in [1.29, 1.82) is 0 Å². The number of fused-ring (bicyclic) bond motifs is 6. The highest BCUT2D eigenvalue weighted by Crippen LogP contribution is 2.52. The van der Waals surface area contributed by atoms with E-state index >= 15 is 0 Å². The van der Waals surface area contributed by atoms with Crippen molar-refractivity contribution in [2.75, 3.05) is 0 Å². The van der Waals surface area contributed by atoms with Gasteiger partial charge in [0.25, 0.3) is 0 Å². The molecule has 0 unspecified atom stereocenters. The second kappa shape index (κ2) is 13.4. The normalized spacial score (nSPS) is 12.8. The van der Waals surface area contributed by atoms with Crippen molar-refractivity contribution in [3.63, 3.8) is 0 Å². The van der Waals surface area contributed by atoms with E-state index in [4.69, 9.17) is 14.4 Å². The first-order valence-electron chi connectivity index (χ1n) is 19.9. The van der Waals surface area contributed by atoms with E-state index in [1.165, 1.54) is 33.4 Å². The number of rotatable bonds is 6. The molecule has 3 nitrogen and oxygen atoms in total. The number of furan rings is 1. The third-order valence-corrected chi connectivity index (χ3v) is 11.9. The molecule has 2 heterocycles. The van der Waals surface area contributed by atoms with Gasteiger partial charge in [-0.1, -0.05) is 159 Å². The highest BCUT2D eigenvalue weighted by atomic mass is 16.3. The standard InChI is InChI=1S/C55H38N2O/c1-55(2)48-25-11-9-21-44(48)46-24-14-23-43(53(46)55)39-20-13-19-37(29-39)40-30-41(38-27-28-52-47(33-38)45-22-10-12-26-51(45)58-52)32-42(31-40)50-34-49(35-15-5-3-6-16-35)56-54(57-50)36-17-7-4-8-18-36/h3-34H,1-2H3. The smallest absolute Gasteiger partial charge is 0.160 e. The van der Waals surface area contributed by atoms with Crippen molar-refractivity contribution >= 4 is 21.9 Å². The predicted molar refractivity (Wildman–Crippen MR) is 239 cm³/mol. The molecule has 274 valence electrons. The first kappa shape index (κ1) is 33.9. The van der Waals surface area contributed by atoms with Crippen LogP contribution in [0.4, 0.5) is 0 Å². The molecule has 0 saturated heterocycles. The fourth-order valence-electron chi connectivity index (χ4n) is 9.04. The molecule has 0 atom stereocenters. The second-order valence-corrected chi connectivity index (χ2v) is 15.8. The molecule has 8 aromatic carbocycles. The third-order valence-electron chi connectivity index (χ3n) is 11.9. The van der Waals surface area contributed by atoms with E-state index < -0.39 is 0 Å². The number of nitrogens with zero attached hydrogens (tertiary/aromatic N) is 2. The van der Waals surface area contributed by atoms with Gasteiger partial charge in [0.1, 0.15) is 11.2 Å². The van der Waals surface area contributed by atoms with Crippen LogP contribution in [0.15, 0.2) is 199 Å². The summed E-state index contributed by atoms with van der Waals surface area (Å²) in [6, 6.07) is 69.1. The predicted octanol–water partition coefficient (Wildman–Crippen LogP) is 14.7. The molecule has 58 heavy (non-hydrogen) atoms. The van der Waals surface area contributed by atoms with Crippen LogP contribution in [-0.2, 0) is 5.41 Å². The van der Waals surface area contributed by atoms with Crippen LogP contribution >= 0.6 is 0 Å². The van der Waals surface area contributed by atoms with Gasteiger partial charge in [-0.25, -0.2) is 9.97 Å². The summed E-state index contributed by atoms with van der Waals surface area (Å²) >= 11 is 0. The molecule has 0 bridgehead atoms. The minimum Gasteiger partial charge on any atom is -0.456 e. The number of hydrogen-bond acceptors (Lipinski definition) is 3. The molecule has 0 aliphatic heterocycles. The van der Waals surface area contributed by atoms with Crippen LogP contribution in [0.2, 0.25) is 0 Å².